The van der Waals surface area contributed by atoms with Gasteiger partial charge in [0.05, 0.1) is 23.1 Å². The van der Waals surface area contributed by atoms with Crippen LogP contribution in [0.25, 0.3) is 0 Å². The molecule has 194 valence electrons. The molecule has 1 aliphatic heterocycles. The van der Waals surface area contributed by atoms with Crippen LogP contribution in [0.15, 0.2) is 71.6 Å². The molecule has 1 N–H and O–H groups in total. The molecule has 0 saturated carbocycles. The predicted molar refractivity (Wildman–Crippen MR) is 144 cm³/mol. The highest BCUT2D eigenvalue weighted by molar-refractivity contribution is 7.89. The highest BCUT2D eigenvalue weighted by Crippen LogP contribution is 2.29. The summed E-state index contributed by atoms with van der Waals surface area (Å²) in [6, 6.07) is 18.2. The second-order valence-electron chi connectivity index (χ2n) is 8.94. The number of rotatable bonds is 8. The molecule has 0 spiro atoms. The molecular formula is C28H29ClN2O5S. The molecule has 0 unspecified atom stereocenters. The van der Waals surface area contributed by atoms with Gasteiger partial charge in [0.1, 0.15) is 5.75 Å². The van der Waals surface area contributed by atoms with E-state index in [1.165, 1.54) is 16.4 Å². The lowest BCUT2D eigenvalue weighted by molar-refractivity contribution is -0.120. The minimum atomic E-state index is -3.79. The fraction of sp³-hybridized carbons (Fsp3) is 0.286. The van der Waals surface area contributed by atoms with Crippen LogP contribution < -0.4 is 10.1 Å². The maximum absolute atomic E-state index is 13.4. The molecular weight excluding hydrogens is 512 g/mol. The van der Waals surface area contributed by atoms with E-state index in [0.717, 1.165) is 5.56 Å². The van der Waals surface area contributed by atoms with Crippen molar-refractivity contribution in [3.8, 4) is 5.75 Å². The van der Waals surface area contributed by atoms with Gasteiger partial charge in [-0.2, -0.15) is 4.31 Å². The Bertz CT molecular complexity index is 1410. The van der Waals surface area contributed by atoms with Crippen LogP contribution in [0.1, 0.15) is 41.3 Å². The number of hydrogen-bond acceptors (Lipinski definition) is 5. The lowest BCUT2D eigenvalue weighted by Gasteiger charge is -2.31. The summed E-state index contributed by atoms with van der Waals surface area (Å²) in [7, 11) is -3.79. The SMILES string of the molecule is CCOc1ccc(S(=O)(=O)N2CCC[C@H](C(=O)Nc3ccc(Cl)cc3C(=O)c3ccccc3)C2)cc1C. The van der Waals surface area contributed by atoms with Gasteiger partial charge in [-0.05, 0) is 68.7 Å². The monoisotopic (exact) mass is 540 g/mol. The lowest BCUT2D eigenvalue weighted by Crippen LogP contribution is -2.43. The van der Waals surface area contributed by atoms with Crippen molar-refractivity contribution < 1.29 is 22.7 Å². The van der Waals surface area contributed by atoms with Gasteiger partial charge in [0.25, 0.3) is 0 Å². The van der Waals surface area contributed by atoms with Crippen molar-refractivity contribution in [2.75, 3.05) is 25.0 Å². The van der Waals surface area contributed by atoms with E-state index >= 15 is 0 Å². The van der Waals surface area contributed by atoms with Gasteiger partial charge in [0.15, 0.2) is 5.78 Å². The van der Waals surface area contributed by atoms with Gasteiger partial charge >= 0.3 is 0 Å². The summed E-state index contributed by atoms with van der Waals surface area (Å²) in [6.45, 7) is 4.54. The summed E-state index contributed by atoms with van der Waals surface area (Å²) >= 11 is 6.15. The van der Waals surface area contributed by atoms with Crippen LogP contribution in [0.2, 0.25) is 5.02 Å². The molecule has 3 aromatic carbocycles. The van der Waals surface area contributed by atoms with Crippen molar-refractivity contribution in [3.63, 3.8) is 0 Å². The smallest absolute Gasteiger partial charge is 0.243 e. The second kappa shape index (κ2) is 11.5. The van der Waals surface area contributed by atoms with Crippen LogP contribution in [-0.4, -0.2) is 44.1 Å². The molecule has 9 heteroatoms. The van der Waals surface area contributed by atoms with Gasteiger partial charge in [-0.1, -0.05) is 41.9 Å². The minimum Gasteiger partial charge on any atom is -0.494 e. The topological polar surface area (TPSA) is 92.8 Å². The number of nitrogens with zero attached hydrogens (tertiary/aromatic N) is 1. The summed E-state index contributed by atoms with van der Waals surface area (Å²) in [4.78, 5) is 26.5. The van der Waals surface area contributed by atoms with Crippen LogP contribution in [0.5, 0.6) is 5.75 Å². The fourth-order valence-electron chi connectivity index (χ4n) is 4.42. The number of carbonyl (C=O) groups is 2. The average Bonchev–Trinajstić information content (AvgIpc) is 2.91. The molecule has 1 saturated heterocycles. The van der Waals surface area contributed by atoms with Gasteiger partial charge < -0.3 is 10.1 Å². The lowest BCUT2D eigenvalue weighted by atomic mass is 9.97. The first-order valence-electron chi connectivity index (χ1n) is 12.1. The Kier molecular flexibility index (Phi) is 8.32. The first-order chi connectivity index (χ1) is 17.7. The number of piperidine rings is 1. The third-order valence-electron chi connectivity index (χ3n) is 6.36. The Labute approximate surface area is 222 Å². The molecule has 37 heavy (non-hydrogen) atoms. The third-order valence-corrected chi connectivity index (χ3v) is 8.46. The van der Waals surface area contributed by atoms with E-state index in [-0.39, 0.29) is 28.7 Å². The second-order valence-corrected chi connectivity index (χ2v) is 11.3. The number of halogens is 1. The normalized spacial score (nSPS) is 16.2. The molecule has 0 bridgehead atoms. The van der Waals surface area contributed by atoms with E-state index in [4.69, 9.17) is 16.3 Å². The Balaban J connectivity index is 1.52. The van der Waals surface area contributed by atoms with E-state index in [0.29, 0.717) is 48.0 Å². The number of anilines is 1. The predicted octanol–water partition coefficient (Wildman–Crippen LogP) is 5.32. The maximum atomic E-state index is 13.4. The highest BCUT2D eigenvalue weighted by Gasteiger charge is 2.34. The molecule has 1 fully saturated rings. The third kappa shape index (κ3) is 6.04. The number of ketones is 1. The molecule has 1 amide bonds. The summed E-state index contributed by atoms with van der Waals surface area (Å²) in [5, 5.41) is 3.22. The van der Waals surface area contributed by atoms with E-state index in [2.05, 4.69) is 5.32 Å². The van der Waals surface area contributed by atoms with Crippen molar-refractivity contribution in [3.05, 3.63) is 88.4 Å². The molecule has 1 aliphatic rings. The largest absolute Gasteiger partial charge is 0.494 e. The fourth-order valence-corrected chi connectivity index (χ4v) is 6.20. The Morgan fingerprint density at radius 1 is 1.08 bits per heavy atom. The van der Waals surface area contributed by atoms with E-state index in [9.17, 15) is 18.0 Å². The standard InChI is InChI=1S/C28H29ClN2O5S/c1-3-36-26-14-12-23(16-19(26)2)37(34,35)31-15-7-10-21(18-31)28(33)30-25-13-11-22(29)17-24(25)27(32)20-8-5-4-6-9-20/h4-6,8-9,11-14,16-17,21H,3,7,10,15,18H2,1-2H3,(H,30,33)/t21-/m0/s1. The number of benzene rings is 3. The summed E-state index contributed by atoms with van der Waals surface area (Å²) in [6.07, 6.45) is 1.08. The van der Waals surface area contributed by atoms with Crippen molar-refractivity contribution >= 4 is 39.0 Å². The van der Waals surface area contributed by atoms with Crippen LogP contribution in [0.4, 0.5) is 5.69 Å². The Morgan fingerprint density at radius 2 is 1.84 bits per heavy atom. The van der Waals surface area contributed by atoms with Gasteiger partial charge in [-0.25, -0.2) is 8.42 Å². The number of amides is 1. The molecule has 1 atom stereocenters. The van der Waals surface area contributed by atoms with Gasteiger partial charge in [0.2, 0.25) is 15.9 Å². The zero-order valence-corrected chi connectivity index (χ0v) is 22.3. The van der Waals surface area contributed by atoms with E-state index < -0.39 is 15.9 Å². The minimum absolute atomic E-state index is 0.0516. The van der Waals surface area contributed by atoms with Crippen molar-refractivity contribution in [2.24, 2.45) is 5.92 Å². The van der Waals surface area contributed by atoms with Crippen LogP contribution in [0.3, 0.4) is 0 Å². The molecule has 4 rings (SSSR count). The van der Waals surface area contributed by atoms with E-state index in [1.807, 2.05) is 13.0 Å². The van der Waals surface area contributed by atoms with E-state index in [1.54, 1.807) is 55.5 Å². The van der Waals surface area contributed by atoms with Crippen LogP contribution in [-0.2, 0) is 14.8 Å². The maximum Gasteiger partial charge on any atom is 0.243 e. The molecule has 0 radical (unpaired) electrons. The van der Waals surface area contributed by atoms with Gasteiger partial charge in [-0.15, -0.1) is 0 Å². The zero-order chi connectivity index (χ0) is 26.6. The summed E-state index contributed by atoms with van der Waals surface area (Å²) in [5.74, 6) is -0.534. The number of sulfonamides is 1. The number of ether oxygens (including phenoxy) is 1. The summed E-state index contributed by atoms with van der Waals surface area (Å²) < 4.78 is 33.6. The Hall–Kier alpha value is -3.20. The van der Waals surface area contributed by atoms with Crippen molar-refractivity contribution in [2.45, 2.75) is 31.6 Å². The van der Waals surface area contributed by atoms with Gasteiger partial charge in [0, 0.05) is 29.2 Å². The number of nitrogens with one attached hydrogen (secondary N) is 1. The first-order valence-corrected chi connectivity index (χ1v) is 14.0. The van der Waals surface area contributed by atoms with Gasteiger partial charge in [-0.3, -0.25) is 9.59 Å². The van der Waals surface area contributed by atoms with Crippen LogP contribution >= 0.6 is 11.6 Å². The average molecular weight is 541 g/mol. The summed E-state index contributed by atoms with van der Waals surface area (Å²) in [5.41, 5.74) is 1.82. The molecule has 0 aliphatic carbocycles. The Morgan fingerprint density at radius 3 is 2.54 bits per heavy atom. The van der Waals surface area contributed by atoms with Crippen molar-refractivity contribution in [1.82, 2.24) is 4.31 Å². The number of carbonyl (C=O) groups excluding carboxylic acids is 2. The highest BCUT2D eigenvalue weighted by atomic mass is 35.5. The van der Waals surface area contributed by atoms with Crippen LogP contribution in [0, 0.1) is 12.8 Å². The molecule has 1 heterocycles. The molecule has 0 aromatic heterocycles. The zero-order valence-electron chi connectivity index (χ0n) is 20.7. The quantitative estimate of drug-likeness (QED) is 0.390. The first kappa shape index (κ1) is 26.9. The molecule has 3 aromatic rings. The molecule has 7 nitrogen and oxygen atoms in total. The number of aryl methyl sites for hydroxylation is 1. The van der Waals surface area contributed by atoms with Crippen molar-refractivity contribution in [1.29, 1.82) is 0 Å². The number of hydrogen-bond donors (Lipinski definition) is 1.